The summed E-state index contributed by atoms with van der Waals surface area (Å²) in [6.45, 7) is 7.74. The molecule has 4 nitrogen and oxygen atoms in total. The minimum absolute atomic E-state index is 0.527. The zero-order valence-corrected chi connectivity index (χ0v) is 18.4. The SMILES string of the molecule is Cc1sc(-c2ccncc2)c(C2=CCC3(CC2)CC3)c1C(OC(C)(C)C)C(=O)O. The molecular formula is C24H29NO3S. The second-order valence-corrected chi connectivity index (χ2v) is 10.6. The van der Waals surface area contributed by atoms with Crippen LogP contribution in [0.4, 0.5) is 0 Å². The molecule has 0 amide bonds. The van der Waals surface area contributed by atoms with Gasteiger partial charge in [0.1, 0.15) is 0 Å². The Morgan fingerprint density at radius 2 is 1.93 bits per heavy atom. The number of aliphatic carboxylic acids is 1. The molecule has 0 aliphatic heterocycles. The Bertz CT molecular complexity index is 948. The van der Waals surface area contributed by atoms with Gasteiger partial charge in [-0.15, -0.1) is 11.3 Å². The number of nitrogens with zero attached hydrogens (tertiary/aromatic N) is 1. The van der Waals surface area contributed by atoms with E-state index in [-0.39, 0.29) is 0 Å². The van der Waals surface area contributed by atoms with E-state index in [1.165, 1.54) is 24.8 Å². The first kappa shape index (κ1) is 20.3. The Balaban J connectivity index is 1.87. The molecule has 154 valence electrons. The summed E-state index contributed by atoms with van der Waals surface area (Å²) in [5.41, 5.74) is 4.23. The van der Waals surface area contributed by atoms with E-state index in [4.69, 9.17) is 4.74 Å². The quantitative estimate of drug-likeness (QED) is 0.618. The summed E-state index contributed by atoms with van der Waals surface area (Å²) in [7, 11) is 0. The molecule has 2 aliphatic rings. The van der Waals surface area contributed by atoms with Gasteiger partial charge in [0.15, 0.2) is 6.10 Å². The van der Waals surface area contributed by atoms with Gasteiger partial charge < -0.3 is 9.84 Å². The average molecular weight is 412 g/mol. The van der Waals surface area contributed by atoms with Gasteiger partial charge in [-0.1, -0.05) is 6.08 Å². The third kappa shape index (κ3) is 4.17. The van der Waals surface area contributed by atoms with E-state index in [1.807, 2.05) is 39.8 Å². The van der Waals surface area contributed by atoms with Crippen molar-refractivity contribution in [2.45, 2.75) is 71.5 Å². The number of thiophene rings is 1. The smallest absolute Gasteiger partial charge is 0.337 e. The second-order valence-electron chi connectivity index (χ2n) is 9.39. The van der Waals surface area contributed by atoms with Gasteiger partial charge in [0.05, 0.1) is 5.60 Å². The number of carbonyl (C=O) groups is 1. The molecule has 1 N–H and O–H groups in total. The number of ether oxygens (including phenoxy) is 1. The number of carboxylic acid groups (broad SMARTS) is 1. The maximum absolute atomic E-state index is 12.3. The summed E-state index contributed by atoms with van der Waals surface area (Å²) in [6.07, 6.45) is 10.9. The lowest BCUT2D eigenvalue weighted by Crippen LogP contribution is -2.28. The van der Waals surface area contributed by atoms with Gasteiger partial charge in [-0.3, -0.25) is 4.98 Å². The highest BCUT2D eigenvalue weighted by Crippen LogP contribution is 2.58. The maximum Gasteiger partial charge on any atom is 0.337 e. The van der Waals surface area contributed by atoms with Crippen LogP contribution in [0.25, 0.3) is 16.0 Å². The minimum atomic E-state index is -0.977. The van der Waals surface area contributed by atoms with E-state index in [2.05, 4.69) is 11.1 Å². The van der Waals surface area contributed by atoms with Crippen LogP contribution in [0, 0.1) is 12.3 Å². The minimum Gasteiger partial charge on any atom is -0.479 e. The Labute approximate surface area is 176 Å². The molecular weight excluding hydrogens is 382 g/mol. The van der Waals surface area contributed by atoms with Gasteiger partial charge in [-0.25, -0.2) is 4.79 Å². The molecule has 1 spiro atoms. The number of aromatic nitrogens is 1. The lowest BCUT2D eigenvalue weighted by molar-refractivity contribution is -0.160. The van der Waals surface area contributed by atoms with Crippen molar-refractivity contribution in [1.29, 1.82) is 0 Å². The van der Waals surface area contributed by atoms with Crippen molar-refractivity contribution in [3.8, 4) is 10.4 Å². The van der Waals surface area contributed by atoms with Crippen LogP contribution in [-0.2, 0) is 9.53 Å². The van der Waals surface area contributed by atoms with Crippen molar-refractivity contribution in [2.75, 3.05) is 0 Å². The highest BCUT2D eigenvalue weighted by molar-refractivity contribution is 7.16. The number of pyridine rings is 1. The largest absolute Gasteiger partial charge is 0.479 e. The van der Waals surface area contributed by atoms with Gasteiger partial charge in [-0.05, 0) is 88.5 Å². The summed E-state index contributed by atoms with van der Waals surface area (Å²) in [5.74, 6) is -0.932. The van der Waals surface area contributed by atoms with E-state index in [0.717, 1.165) is 39.3 Å². The third-order valence-corrected chi connectivity index (χ3v) is 7.19. The molecule has 2 aromatic heterocycles. The molecule has 0 saturated heterocycles. The molecule has 1 fully saturated rings. The molecule has 0 radical (unpaired) electrons. The number of carboxylic acids is 1. The highest BCUT2D eigenvalue weighted by atomic mass is 32.1. The normalized spacial score (nSPS) is 19.1. The van der Waals surface area contributed by atoms with Gasteiger partial charge in [-0.2, -0.15) is 0 Å². The van der Waals surface area contributed by atoms with Gasteiger partial charge in [0.25, 0.3) is 0 Å². The molecule has 2 aromatic rings. The van der Waals surface area contributed by atoms with Crippen molar-refractivity contribution in [2.24, 2.45) is 5.41 Å². The van der Waals surface area contributed by atoms with E-state index in [0.29, 0.717) is 5.41 Å². The van der Waals surface area contributed by atoms with Crippen LogP contribution in [0.15, 0.2) is 30.6 Å². The summed E-state index contributed by atoms with van der Waals surface area (Å²) >= 11 is 1.66. The fourth-order valence-corrected chi connectivity index (χ4v) is 5.51. The van der Waals surface area contributed by atoms with Crippen LogP contribution < -0.4 is 0 Å². The Hall–Kier alpha value is -1.98. The highest BCUT2D eigenvalue weighted by Gasteiger charge is 2.43. The Morgan fingerprint density at radius 1 is 1.24 bits per heavy atom. The molecule has 1 atom stereocenters. The van der Waals surface area contributed by atoms with E-state index in [9.17, 15) is 9.90 Å². The first-order valence-electron chi connectivity index (χ1n) is 10.3. The first-order valence-corrected chi connectivity index (χ1v) is 11.1. The summed E-state index contributed by atoms with van der Waals surface area (Å²) in [4.78, 5) is 18.6. The summed E-state index contributed by atoms with van der Waals surface area (Å²) in [5, 5.41) is 10.1. The maximum atomic E-state index is 12.3. The standard InChI is InChI=1S/C24H29NO3S/c1-15-18(20(22(26)27)28-23(2,3)4)19(16-5-9-24(10-6-16)11-12-24)21(29-15)17-7-13-25-14-8-17/h5,7-8,13-14,20H,6,9-12H2,1-4H3,(H,26,27). The number of aryl methyl sites for hydroxylation is 1. The molecule has 0 aromatic carbocycles. The first-order chi connectivity index (χ1) is 13.7. The fraction of sp³-hybridized carbons (Fsp3) is 0.500. The number of rotatable bonds is 5. The number of hydrogen-bond acceptors (Lipinski definition) is 4. The third-order valence-electron chi connectivity index (χ3n) is 6.02. The molecule has 29 heavy (non-hydrogen) atoms. The molecule has 1 saturated carbocycles. The van der Waals surface area contributed by atoms with Crippen molar-refractivity contribution in [3.63, 3.8) is 0 Å². The molecule has 5 heteroatoms. The van der Waals surface area contributed by atoms with Crippen LogP contribution in [0.2, 0.25) is 0 Å². The van der Waals surface area contributed by atoms with Gasteiger partial charge >= 0.3 is 5.97 Å². The predicted octanol–water partition coefficient (Wildman–Crippen LogP) is 6.41. The number of hydrogen-bond donors (Lipinski definition) is 1. The predicted molar refractivity (Wildman–Crippen MR) is 117 cm³/mol. The fourth-order valence-electron chi connectivity index (χ4n) is 4.29. The van der Waals surface area contributed by atoms with E-state index < -0.39 is 17.7 Å². The Kier molecular flexibility index (Phi) is 5.16. The second kappa shape index (κ2) is 7.37. The van der Waals surface area contributed by atoms with Crippen LogP contribution >= 0.6 is 11.3 Å². The van der Waals surface area contributed by atoms with E-state index >= 15 is 0 Å². The Morgan fingerprint density at radius 3 is 2.45 bits per heavy atom. The van der Waals surface area contributed by atoms with Crippen LogP contribution in [0.5, 0.6) is 0 Å². The average Bonchev–Trinajstić information content (AvgIpc) is 3.33. The zero-order valence-electron chi connectivity index (χ0n) is 17.6. The van der Waals surface area contributed by atoms with E-state index in [1.54, 1.807) is 23.7 Å². The molecule has 0 bridgehead atoms. The van der Waals surface area contributed by atoms with Crippen molar-refractivity contribution in [3.05, 3.63) is 46.6 Å². The van der Waals surface area contributed by atoms with Gasteiger partial charge in [0, 0.05) is 33.3 Å². The topological polar surface area (TPSA) is 59.4 Å². The summed E-state index contributed by atoms with van der Waals surface area (Å²) < 4.78 is 6.07. The van der Waals surface area contributed by atoms with Crippen molar-refractivity contribution in [1.82, 2.24) is 4.98 Å². The summed E-state index contributed by atoms with van der Waals surface area (Å²) in [6, 6.07) is 4.01. The molecule has 2 heterocycles. The van der Waals surface area contributed by atoms with Crippen LogP contribution in [0.1, 0.15) is 75.0 Å². The number of allylic oxidation sites excluding steroid dienone is 2. The lowest BCUT2D eigenvalue weighted by Gasteiger charge is -2.28. The monoisotopic (exact) mass is 411 g/mol. The van der Waals surface area contributed by atoms with Gasteiger partial charge in [0.2, 0.25) is 0 Å². The molecule has 2 aliphatic carbocycles. The zero-order chi connectivity index (χ0) is 20.8. The van der Waals surface area contributed by atoms with Crippen LogP contribution in [-0.4, -0.2) is 21.7 Å². The lowest BCUT2D eigenvalue weighted by atomic mass is 9.82. The van der Waals surface area contributed by atoms with Crippen molar-refractivity contribution >= 4 is 22.9 Å². The van der Waals surface area contributed by atoms with Crippen molar-refractivity contribution < 1.29 is 14.6 Å². The molecule has 1 unspecified atom stereocenters. The molecule has 4 rings (SSSR count). The van der Waals surface area contributed by atoms with Crippen LogP contribution in [0.3, 0.4) is 0 Å².